The van der Waals surface area contributed by atoms with Crippen LogP contribution in [0.3, 0.4) is 0 Å². The standard InChI is InChI=1S/C12H18BrNO3S/c1-9(6-14)7-18(15,16)8-10-5-11(17-2)3-4-12(10)13/h3-5,9H,6-8,14H2,1-2H3. The van der Waals surface area contributed by atoms with E-state index in [0.29, 0.717) is 17.9 Å². The molecule has 0 saturated carbocycles. The highest BCUT2D eigenvalue weighted by Crippen LogP contribution is 2.24. The van der Waals surface area contributed by atoms with Crippen LogP contribution >= 0.6 is 15.9 Å². The summed E-state index contributed by atoms with van der Waals surface area (Å²) in [6.07, 6.45) is 0. The fraction of sp³-hybridized carbons (Fsp3) is 0.500. The normalized spacial score (nSPS) is 13.3. The average Bonchev–Trinajstić information content (AvgIpc) is 2.31. The van der Waals surface area contributed by atoms with Gasteiger partial charge in [0, 0.05) is 4.47 Å². The van der Waals surface area contributed by atoms with E-state index < -0.39 is 9.84 Å². The fourth-order valence-corrected chi connectivity index (χ4v) is 3.99. The van der Waals surface area contributed by atoms with Crippen LogP contribution in [0.15, 0.2) is 22.7 Å². The summed E-state index contributed by atoms with van der Waals surface area (Å²) < 4.78 is 29.9. The minimum absolute atomic E-state index is 0.00484. The molecule has 1 atom stereocenters. The molecule has 6 heteroatoms. The molecule has 1 unspecified atom stereocenters. The minimum atomic E-state index is -3.16. The van der Waals surface area contributed by atoms with Gasteiger partial charge in [-0.25, -0.2) is 8.42 Å². The van der Waals surface area contributed by atoms with Crippen molar-refractivity contribution in [2.45, 2.75) is 12.7 Å². The minimum Gasteiger partial charge on any atom is -0.497 e. The molecule has 0 amide bonds. The molecule has 0 aliphatic rings. The third kappa shape index (κ3) is 4.59. The number of ether oxygens (including phenoxy) is 1. The molecule has 4 nitrogen and oxygen atoms in total. The molecular weight excluding hydrogens is 318 g/mol. The number of hydrogen-bond donors (Lipinski definition) is 1. The van der Waals surface area contributed by atoms with E-state index >= 15 is 0 Å². The summed E-state index contributed by atoms with van der Waals surface area (Å²) in [6, 6.07) is 5.30. The van der Waals surface area contributed by atoms with Gasteiger partial charge in [0.25, 0.3) is 0 Å². The van der Waals surface area contributed by atoms with Crippen LogP contribution in [0, 0.1) is 5.92 Å². The zero-order valence-corrected chi connectivity index (χ0v) is 12.9. The number of halogens is 1. The number of rotatable bonds is 6. The topological polar surface area (TPSA) is 69.4 Å². The van der Waals surface area contributed by atoms with Gasteiger partial charge in [-0.1, -0.05) is 22.9 Å². The molecule has 0 saturated heterocycles. The van der Waals surface area contributed by atoms with Gasteiger partial charge in [0.15, 0.2) is 9.84 Å². The molecule has 18 heavy (non-hydrogen) atoms. The highest BCUT2D eigenvalue weighted by Gasteiger charge is 2.17. The van der Waals surface area contributed by atoms with Gasteiger partial charge in [-0.2, -0.15) is 0 Å². The Bertz CT molecular complexity index is 502. The molecule has 1 rings (SSSR count). The molecule has 0 heterocycles. The van der Waals surface area contributed by atoms with E-state index in [-0.39, 0.29) is 17.4 Å². The Kier molecular flexibility index (Phi) is 5.62. The molecule has 0 aromatic heterocycles. The lowest BCUT2D eigenvalue weighted by Crippen LogP contribution is -2.22. The summed E-state index contributed by atoms with van der Waals surface area (Å²) >= 11 is 3.35. The molecular formula is C12H18BrNO3S. The summed E-state index contributed by atoms with van der Waals surface area (Å²) in [4.78, 5) is 0. The molecule has 0 radical (unpaired) electrons. The predicted molar refractivity (Wildman–Crippen MR) is 76.4 cm³/mol. The second-order valence-corrected chi connectivity index (χ2v) is 7.32. The van der Waals surface area contributed by atoms with E-state index in [1.807, 2.05) is 6.92 Å². The van der Waals surface area contributed by atoms with Crippen LogP contribution in [0.25, 0.3) is 0 Å². The summed E-state index contributed by atoms with van der Waals surface area (Å²) in [6.45, 7) is 2.21. The quantitative estimate of drug-likeness (QED) is 0.862. The molecule has 0 aliphatic carbocycles. The SMILES string of the molecule is COc1ccc(Br)c(CS(=O)(=O)CC(C)CN)c1. The zero-order valence-electron chi connectivity index (χ0n) is 10.5. The van der Waals surface area contributed by atoms with Crippen LogP contribution in [-0.4, -0.2) is 27.8 Å². The Morgan fingerprint density at radius 2 is 2.11 bits per heavy atom. The van der Waals surface area contributed by atoms with Crippen LogP contribution in [0.2, 0.25) is 0 Å². The van der Waals surface area contributed by atoms with E-state index in [0.717, 1.165) is 4.47 Å². The maximum Gasteiger partial charge on any atom is 0.154 e. The summed E-state index contributed by atoms with van der Waals surface area (Å²) in [7, 11) is -1.61. The Morgan fingerprint density at radius 3 is 2.67 bits per heavy atom. The Morgan fingerprint density at radius 1 is 1.44 bits per heavy atom. The van der Waals surface area contributed by atoms with Crippen LogP contribution in [0.4, 0.5) is 0 Å². The van der Waals surface area contributed by atoms with Crippen molar-refractivity contribution in [1.82, 2.24) is 0 Å². The summed E-state index contributed by atoms with van der Waals surface area (Å²) in [5.41, 5.74) is 6.16. The van der Waals surface area contributed by atoms with Gasteiger partial charge >= 0.3 is 0 Å². The van der Waals surface area contributed by atoms with Gasteiger partial charge < -0.3 is 10.5 Å². The maximum absolute atomic E-state index is 12.0. The zero-order chi connectivity index (χ0) is 13.8. The molecule has 0 fully saturated rings. The average molecular weight is 336 g/mol. The Balaban J connectivity index is 2.89. The van der Waals surface area contributed by atoms with E-state index in [2.05, 4.69) is 15.9 Å². The number of hydrogen-bond acceptors (Lipinski definition) is 4. The second kappa shape index (κ2) is 6.54. The lowest BCUT2D eigenvalue weighted by molar-refractivity contribution is 0.414. The lowest BCUT2D eigenvalue weighted by atomic mass is 10.2. The van der Waals surface area contributed by atoms with E-state index in [4.69, 9.17) is 10.5 Å². The first kappa shape index (κ1) is 15.5. The first-order chi connectivity index (χ1) is 8.38. The van der Waals surface area contributed by atoms with Gasteiger partial charge in [0.05, 0.1) is 18.6 Å². The van der Waals surface area contributed by atoms with Gasteiger partial charge in [-0.3, -0.25) is 0 Å². The van der Waals surface area contributed by atoms with Crippen molar-refractivity contribution in [3.63, 3.8) is 0 Å². The predicted octanol–water partition coefficient (Wildman–Crippen LogP) is 1.97. The van der Waals surface area contributed by atoms with Crippen LogP contribution in [-0.2, 0) is 15.6 Å². The number of methoxy groups -OCH3 is 1. The molecule has 1 aromatic rings. The van der Waals surface area contributed by atoms with Crippen LogP contribution < -0.4 is 10.5 Å². The number of nitrogens with two attached hydrogens (primary N) is 1. The third-order valence-electron chi connectivity index (χ3n) is 2.57. The van der Waals surface area contributed by atoms with Crippen molar-refractivity contribution in [1.29, 1.82) is 0 Å². The van der Waals surface area contributed by atoms with Crippen LogP contribution in [0.1, 0.15) is 12.5 Å². The van der Waals surface area contributed by atoms with Crippen molar-refractivity contribution in [2.75, 3.05) is 19.4 Å². The lowest BCUT2D eigenvalue weighted by Gasteiger charge is -2.11. The monoisotopic (exact) mass is 335 g/mol. The largest absolute Gasteiger partial charge is 0.497 e. The highest BCUT2D eigenvalue weighted by atomic mass is 79.9. The van der Waals surface area contributed by atoms with Gasteiger partial charge in [-0.05, 0) is 36.2 Å². The first-order valence-corrected chi connectivity index (χ1v) is 8.22. The molecule has 0 spiro atoms. The van der Waals surface area contributed by atoms with Crippen molar-refractivity contribution in [3.8, 4) is 5.75 Å². The summed E-state index contributed by atoms with van der Waals surface area (Å²) in [5, 5.41) is 0. The fourth-order valence-electron chi connectivity index (χ4n) is 1.59. The molecule has 0 aliphatic heterocycles. The molecule has 1 aromatic carbocycles. The van der Waals surface area contributed by atoms with Gasteiger partial charge in [0.1, 0.15) is 5.75 Å². The van der Waals surface area contributed by atoms with Crippen molar-refractivity contribution < 1.29 is 13.2 Å². The van der Waals surface area contributed by atoms with E-state index in [1.54, 1.807) is 25.3 Å². The molecule has 102 valence electrons. The third-order valence-corrected chi connectivity index (χ3v) is 5.17. The second-order valence-electron chi connectivity index (χ2n) is 4.35. The Labute approximate surface area is 117 Å². The molecule has 0 bridgehead atoms. The van der Waals surface area contributed by atoms with E-state index in [9.17, 15) is 8.42 Å². The maximum atomic E-state index is 12.0. The summed E-state index contributed by atoms with van der Waals surface area (Å²) in [5.74, 6) is 0.720. The van der Waals surface area contributed by atoms with Gasteiger partial charge in [-0.15, -0.1) is 0 Å². The smallest absolute Gasteiger partial charge is 0.154 e. The first-order valence-electron chi connectivity index (χ1n) is 5.61. The van der Waals surface area contributed by atoms with Crippen LogP contribution in [0.5, 0.6) is 5.75 Å². The Hall–Kier alpha value is -0.590. The number of sulfone groups is 1. The van der Waals surface area contributed by atoms with Crippen molar-refractivity contribution >= 4 is 25.8 Å². The number of benzene rings is 1. The van der Waals surface area contributed by atoms with Gasteiger partial charge in [0.2, 0.25) is 0 Å². The highest BCUT2D eigenvalue weighted by molar-refractivity contribution is 9.10. The van der Waals surface area contributed by atoms with E-state index in [1.165, 1.54) is 0 Å². The van der Waals surface area contributed by atoms with Crippen molar-refractivity contribution in [2.24, 2.45) is 11.7 Å². The van der Waals surface area contributed by atoms with Crippen molar-refractivity contribution in [3.05, 3.63) is 28.2 Å². The molecule has 2 N–H and O–H groups in total.